The molecule has 2 heterocycles. The van der Waals surface area contributed by atoms with E-state index in [0.717, 1.165) is 84.9 Å². The topological polar surface area (TPSA) is 144 Å². The average molecular weight is 579 g/mol. The molecule has 0 radical (unpaired) electrons. The van der Waals surface area contributed by atoms with Gasteiger partial charge in [0.25, 0.3) is 23.6 Å². The number of nitrogens with two attached hydrogens (primary N) is 2. The smallest absolute Gasteiger partial charge is 0.259 e. The highest BCUT2D eigenvalue weighted by atomic mass is 16.2. The molecule has 2 aliphatic rings. The molecule has 8 nitrogen and oxygen atoms in total. The Balaban J connectivity index is 0.000000204. The summed E-state index contributed by atoms with van der Waals surface area (Å²) in [5.74, 6) is -1.15. The maximum atomic E-state index is 12.3. The third-order valence-corrected chi connectivity index (χ3v) is 8.24. The van der Waals surface area contributed by atoms with Gasteiger partial charge >= 0.3 is 0 Å². The summed E-state index contributed by atoms with van der Waals surface area (Å²) in [7, 11) is 0. The van der Waals surface area contributed by atoms with Gasteiger partial charge in [-0.1, -0.05) is 99.7 Å². The van der Waals surface area contributed by atoms with Crippen molar-refractivity contribution < 1.29 is 19.2 Å². The van der Waals surface area contributed by atoms with Crippen LogP contribution >= 0.6 is 0 Å². The van der Waals surface area contributed by atoms with Crippen LogP contribution in [0.5, 0.6) is 0 Å². The number of benzene rings is 4. The Morgan fingerprint density at radius 3 is 1.93 bits per heavy atom. The van der Waals surface area contributed by atoms with Crippen molar-refractivity contribution in [3.8, 4) is 0 Å². The molecule has 0 fully saturated rings. The highest BCUT2D eigenvalue weighted by molar-refractivity contribution is 6.27. The maximum Gasteiger partial charge on any atom is 0.259 e. The Labute approximate surface area is 251 Å². The number of unbranched alkanes of at least 4 members (excludes halogenated alkanes) is 4. The molecule has 0 atom stereocenters. The van der Waals surface area contributed by atoms with Gasteiger partial charge in [-0.25, -0.2) is 0 Å². The first-order chi connectivity index (χ1) is 20.7. The van der Waals surface area contributed by atoms with E-state index in [1.807, 2.05) is 54.6 Å². The molecule has 8 heteroatoms. The van der Waals surface area contributed by atoms with Crippen LogP contribution < -0.4 is 22.1 Å². The quantitative estimate of drug-likeness (QED) is 0.107. The summed E-state index contributed by atoms with van der Waals surface area (Å²) in [5.41, 5.74) is 14.7. The molecule has 4 amide bonds. The van der Waals surface area contributed by atoms with Crippen LogP contribution in [0.4, 0.5) is 0 Å². The second-order valence-electron chi connectivity index (χ2n) is 11.5. The normalized spacial score (nSPS) is 13.9. The molecule has 6 N–H and O–H groups in total. The van der Waals surface area contributed by atoms with Gasteiger partial charge in [0.2, 0.25) is 0 Å². The van der Waals surface area contributed by atoms with E-state index < -0.39 is 5.66 Å². The van der Waals surface area contributed by atoms with Crippen molar-refractivity contribution in [2.45, 2.75) is 70.4 Å². The molecule has 4 aromatic rings. The molecule has 6 rings (SSSR count). The lowest BCUT2D eigenvalue weighted by atomic mass is 9.92. The summed E-state index contributed by atoms with van der Waals surface area (Å²) < 4.78 is 0. The number of rotatable bonds is 10. The van der Waals surface area contributed by atoms with Crippen molar-refractivity contribution in [2.75, 3.05) is 0 Å². The average Bonchev–Trinajstić information content (AvgIpc) is 3.46. The monoisotopic (exact) mass is 578 g/mol. The minimum absolute atomic E-state index is 0.265. The second-order valence-corrected chi connectivity index (χ2v) is 11.5. The summed E-state index contributed by atoms with van der Waals surface area (Å²) in [6.45, 7) is 2.10. The molecule has 2 aliphatic heterocycles. The van der Waals surface area contributed by atoms with Crippen LogP contribution in [0.25, 0.3) is 21.5 Å². The highest BCUT2D eigenvalue weighted by Crippen LogP contribution is 2.31. The van der Waals surface area contributed by atoms with Gasteiger partial charge in [0.15, 0.2) is 0 Å². The predicted octanol–water partition coefficient (Wildman–Crippen LogP) is 5.74. The van der Waals surface area contributed by atoms with Gasteiger partial charge < -0.3 is 11.5 Å². The molecule has 43 heavy (non-hydrogen) atoms. The number of carbonyl (C=O) groups excluding carboxylic acids is 4. The molecule has 0 spiro atoms. The van der Waals surface area contributed by atoms with Crippen molar-refractivity contribution in [3.63, 3.8) is 0 Å². The van der Waals surface area contributed by atoms with E-state index >= 15 is 0 Å². The summed E-state index contributed by atoms with van der Waals surface area (Å²) in [6.07, 6.45) is 8.93. The zero-order valence-corrected chi connectivity index (χ0v) is 24.5. The first-order valence-corrected chi connectivity index (χ1v) is 15.1. The van der Waals surface area contributed by atoms with Crippen LogP contribution in [0.1, 0.15) is 105 Å². The number of fused-ring (bicyclic) bond motifs is 6. The molecule has 0 aromatic heterocycles. The van der Waals surface area contributed by atoms with Crippen LogP contribution in [0.15, 0.2) is 66.7 Å². The molecular weight excluding hydrogens is 540 g/mol. The van der Waals surface area contributed by atoms with Gasteiger partial charge in [-0.3, -0.25) is 29.8 Å². The van der Waals surface area contributed by atoms with E-state index in [2.05, 4.69) is 23.6 Å². The molecule has 0 saturated carbocycles. The van der Waals surface area contributed by atoms with Gasteiger partial charge in [-0.15, -0.1) is 0 Å². The molecule has 4 aromatic carbocycles. The van der Waals surface area contributed by atoms with E-state index in [1.54, 1.807) is 6.07 Å². The van der Waals surface area contributed by atoms with Crippen molar-refractivity contribution in [1.82, 2.24) is 10.6 Å². The number of carbonyl (C=O) groups is 4. The van der Waals surface area contributed by atoms with Crippen LogP contribution in [0, 0.1) is 0 Å². The largest absolute Gasteiger partial charge is 0.313 e. The number of aryl methyl sites for hydroxylation is 1. The van der Waals surface area contributed by atoms with Gasteiger partial charge in [-0.2, -0.15) is 0 Å². The van der Waals surface area contributed by atoms with E-state index in [4.69, 9.17) is 11.5 Å². The minimum atomic E-state index is -0.527. The standard InChI is InChI=1S/C23H31N3O2.C12H7NO2/c1-2-13-23(24,25)14-9-5-3-4-6-11-17-15-16-10-7-8-12-18(16)20-19(17)21(27)26-22(20)28;14-11-9-6-5-7-3-1-2-4-8(7)10(9)12(15)13-11/h7-8,10,12,15H,2-6,9,11,13-14,24-25H2,1H3,(H,26,27,28);1-6H,(H,13,14,15). The Bertz CT molecular complexity index is 1730. The third kappa shape index (κ3) is 6.50. The summed E-state index contributed by atoms with van der Waals surface area (Å²) in [5, 5.41) is 8.42. The lowest BCUT2D eigenvalue weighted by Crippen LogP contribution is -2.48. The maximum absolute atomic E-state index is 12.3. The van der Waals surface area contributed by atoms with E-state index in [9.17, 15) is 19.2 Å². The molecule has 222 valence electrons. The number of hydrogen-bond acceptors (Lipinski definition) is 6. The summed E-state index contributed by atoms with van der Waals surface area (Å²) >= 11 is 0. The lowest BCUT2D eigenvalue weighted by molar-refractivity contribution is 0.0863. The van der Waals surface area contributed by atoms with Crippen molar-refractivity contribution >= 4 is 45.2 Å². The lowest BCUT2D eigenvalue weighted by Gasteiger charge is -2.23. The zero-order valence-electron chi connectivity index (χ0n) is 24.5. The summed E-state index contributed by atoms with van der Waals surface area (Å²) in [4.78, 5) is 47.5. The van der Waals surface area contributed by atoms with E-state index in [1.165, 1.54) is 0 Å². The second kappa shape index (κ2) is 12.9. The number of hydrogen-bond donors (Lipinski definition) is 4. The van der Waals surface area contributed by atoms with Crippen LogP contribution in [0.2, 0.25) is 0 Å². The zero-order chi connectivity index (χ0) is 30.6. The third-order valence-electron chi connectivity index (χ3n) is 8.24. The van der Waals surface area contributed by atoms with Crippen LogP contribution in [0.3, 0.4) is 0 Å². The molecular formula is C35H38N4O4. The molecule has 0 bridgehead atoms. The Morgan fingerprint density at radius 1 is 0.605 bits per heavy atom. The van der Waals surface area contributed by atoms with Gasteiger partial charge in [0.05, 0.1) is 27.9 Å². The van der Waals surface area contributed by atoms with Crippen molar-refractivity contribution in [2.24, 2.45) is 11.5 Å². The summed E-state index contributed by atoms with van der Waals surface area (Å²) in [6, 6.07) is 20.9. The highest BCUT2D eigenvalue weighted by Gasteiger charge is 2.31. The minimum Gasteiger partial charge on any atom is -0.313 e. The fourth-order valence-electron chi connectivity index (χ4n) is 6.15. The molecule has 0 unspecified atom stereocenters. The number of imide groups is 2. The van der Waals surface area contributed by atoms with Gasteiger partial charge in [-0.05, 0) is 58.9 Å². The van der Waals surface area contributed by atoms with Crippen molar-refractivity contribution in [1.29, 1.82) is 0 Å². The van der Waals surface area contributed by atoms with Crippen LogP contribution in [-0.4, -0.2) is 29.3 Å². The van der Waals surface area contributed by atoms with Gasteiger partial charge in [0.1, 0.15) is 0 Å². The predicted molar refractivity (Wildman–Crippen MR) is 169 cm³/mol. The fourth-order valence-corrected chi connectivity index (χ4v) is 6.15. The fraction of sp³-hybridized carbons (Fsp3) is 0.314. The number of amides is 4. The first-order valence-electron chi connectivity index (χ1n) is 15.1. The Hall–Kier alpha value is -4.40. The molecule has 0 aliphatic carbocycles. The van der Waals surface area contributed by atoms with E-state index in [-0.39, 0.29) is 23.6 Å². The van der Waals surface area contributed by atoms with Crippen LogP contribution in [-0.2, 0) is 6.42 Å². The number of nitrogens with one attached hydrogen (secondary N) is 2. The Morgan fingerprint density at radius 2 is 1.19 bits per heavy atom. The Kier molecular flexibility index (Phi) is 8.99. The molecule has 0 saturated heterocycles. The van der Waals surface area contributed by atoms with Crippen molar-refractivity contribution in [3.05, 3.63) is 94.5 Å². The SMILES string of the molecule is CCCC(N)(N)CCCCCCCc1cc2ccccc2c2c1C(=O)NC2=O.O=C1NC(=O)c2c1ccc1ccccc21. The van der Waals surface area contributed by atoms with E-state index in [0.29, 0.717) is 22.3 Å². The first kappa shape index (κ1) is 30.1. The van der Waals surface area contributed by atoms with Gasteiger partial charge in [0, 0.05) is 0 Å².